The van der Waals surface area contributed by atoms with Gasteiger partial charge in [0.25, 0.3) is 0 Å². The Kier molecular flexibility index (Phi) is 7.19. The van der Waals surface area contributed by atoms with Gasteiger partial charge >= 0.3 is 8.53 Å². The van der Waals surface area contributed by atoms with Crippen LogP contribution in [0.3, 0.4) is 0 Å². The highest BCUT2D eigenvalue weighted by molar-refractivity contribution is 7.45. The van der Waals surface area contributed by atoms with Gasteiger partial charge in [-0.2, -0.15) is 0 Å². The number of benzene rings is 3. The summed E-state index contributed by atoms with van der Waals surface area (Å²) < 4.78 is 28.0. The van der Waals surface area contributed by atoms with Crippen LogP contribution >= 0.6 is 8.53 Å². The van der Waals surface area contributed by atoms with Gasteiger partial charge in [0.2, 0.25) is 0 Å². The fourth-order valence-corrected chi connectivity index (χ4v) is 6.60. The molecule has 216 valence electrons. The van der Waals surface area contributed by atoms with E-state index in [1.54, 1.807) is 13.3 Å². The van der Waals surface area contributed by atoms with Crippen LogP contribution in [0.5, 0.6) is 28.7 Å². The van der Waals surface area contributed by atoms with E-state index in [9.17, 15) is 0 Å². The second-order valence-corrected chi connectivity index (χ2v) is 14.7. The molecule has 5 rings (SSSR count). The molecule has 41 heavy (non-hydrogen) atoms. The Morgan fingerprint density at radius 2 is 1.46 bits per heavy atom. The maximum atomic E-state index is 6.83. The summed E-state index contributed by atoms with van der Waals surface area (Å²) in [5.41, 5.74) is 5.88. The molecule has 0 saturated carbocycles. The van der Waals surface area contributed by atoms with Crippen molar-refractivity contribution in [1.82, 2.24) is 4.67 Å². The summed E-state index contributed by atoms with van der Waals surface area (Å²) >= 11 is 0. The number of ether oxygens (including phenoxy) is 2. The largest absolute Gasteiger partial charge is 0.493 e. The van der Waals surface area contributed by atoms with Crippen molar-refractivity contribution in [2.45, 2.75) is 78.1 Å². The van der Waals surface area contributed by atoms with Crippen LogP contribution in [-0.4, -0.2) is 11.8 Å². The molecular weight excluding hydrogens is 529 g/mol. The second-order valence-electron chi connectivity index (χ2n) is 13.4. The lowest BCUT2D eigenvalue weighted by Crippen LogP contribution is -2.27. The molecule has 0 amide bonds. The Hall–Kier alpha value is -3.43. The zero-order valence-corrected chi connectivity index (χ0v) is 26.7. The maximum Gasteiger partial charge on any atom is 0.421 e. The first-order chi connectivity index (χ1) is 19.1. The van der Waals surface area contributed by atoms with Crippen molar-refractivity contribution in [3.63, 3.8) is 0 Å². The van der Waals surface area contributed by atoms with E-state index in [0.29, 0.717) is 23.7 Å². The summed E-state index contributed by atoms with van der Waals surface area (Å²) in [7, 11) is 0.0430. The predicted octanol–water partition coefficient (Wildman–Crippen LogP) is 9.92. The van der Waals surface area contributed by atoms with E-state index >= 15 is 0 Å². The molecule has 3 aromatic rings. The Balaban J connectivity index is 1.69. The first-order valence-corrected chi connectivity index (χ1v) is 15.2. The van der Waals surface area contributed by atoms with Crippen LogP contribution in [0.2, 0.25) is 0 Å². The monoisotopic (exact) mass is 571 g/mol. The number of methoxy groups -OCH3 is 1. The molecular formula is C35H42NO4P. The SMILES string of the molecule is C=CN1C(=C)Cc2ccccc2OP1Oc1cc(C(C)(C)C)cc2c1Oc1c(OC)cc(C(C)(C)C)cc1C2(C)C. The van der Waals surface area contributed by atoms with Crippen LogP contribution in [0.15, 0.2) is 73.6 Å². The quantitative estimate of drug-likeness (QED) is 0.292. The fraction of sp³-hybridized carbons (Fsp3) is 0.371. The van der Waals surface area contributed by atoms with Gasteiger partial charge in [-0.3, -0.25) is 4.67 Å². The van der Waals surface area contributed by atoms with Crippen LogP contribution in [0.1, 0.15) is 83.2 Å². The Morgan fingerprint density at radius 1 is 0.902 bits per heavy atom. The molecule has 6 heteroatoms. The van der Waals surface area contributed by atoms with E-state index < -0.39 is 8.53 Å². The van der Waals surface area contributed by atoms with Gasteiger partial charge in [0, 0.05) is 40.4 Å². The van der Waals surface area contributed by atoms with Crippen LogP contribution in [0.25, 0.3) is 0 Å². The van der Waals surface area contributed by atoms with Gasteiger partial charge in [-0.25, -0.2) is 0 Å². The average molecular weight is 572 g/mol. The number of nitrogens with zero attached hydrogens (tertiary/aromatic N) is 1. The van der Waals surface area contributed by atoms with Crippen molar-refractivity contribution in [2.75, 3.05) is 7.11 Å². The number of allylic oxidation sites excluding steroid dienone is 1. The first kappa shape index (κ1) is 29.1. The lowest BCUT2D eigenvalue weighted by molar-refractivity contribution is 0.344. The minimum Gasteiger partial charge on any atom is -0.493 e. The van der Waals surface area contributed by atoms with Gasteiger partial charge in [0.1, 0.15) is 5.75 Å². The number of para-hydroxylation sites is 1. The minimum atomic E-state index is -1.65. The summed E-state index contributed by atoms with van der Waals surface area (Å²) in [5.74, 6) is 3.52. The van der Waals surface area contributed by atoms with Gasteiger partial charge in [0.05, 0.1) is 7.11 Å². The molecule has 1 unspecified atom stereocenters. The zero-order chi connectivity index (χ0) is 29.9. The van der Waals surface area contributed by atoms with Crippen molar-refractivity contribution >= 4 is 8.53 Å². The third kappa shape index (κ3) is 5.21. The summed E-state index contributed by atoms with van der Waals surface area (Å²) in [5, 5.41) is 0. The van der Waals surface area contributed by atoms with Crippen LogP contribution in [0.4, 0.5) is 0 Å². The summed E-state index contributed by atoms with van der Waals surface area (Å²) in [6.45, 7) is 26.2. The van der Waals surface area contributed by atoms with E-state index in [2.05, 4.69) is 98.9 Å². The molecule has 1 atom stereocenters. The number of hydrogen-bond acceptors (Lipinski definition) is 5. The van der Waals surface area contributed by atoms with Gasteiger partial charge in [-0.1, -0.05) is 98.9 Å². The summed E-state index contributed by atoms with van der Waals surface area (Å²) in [4.78, 5) is 0. The van der Waals surface area contributed by atoms with Crippen LogP contribution < -0.4 is 18.5 Å². The number of hydrogen-bond donors (Lipinski definition) is 0. The van der Waals surface area contributed by atoms with E-state index in [-0.39, 0.29) is 16.2 Å². The molecule has 2 aliphatic heterocycles. The second kappa shape index (κ2) is 10.1. The van der Waals surface area contributed by atoms with Crippen molar-refractivity contribution in [3.05, 3.63) is 101 Å². The molecule has 3 aromatic carbocycles. The molecule has 0 spiro atoms. The minimum absolute atomic E-state index is 0.0491. The highest BCUT2D eigenvalue weighted by atomic mass is 31.2. The molecule has 0 bridgehead atoms. The highest BCUT2D eigenvalue weighted by Gasteiger charge is 2.41. The number of fused-ring (bicyclic) bond motifs is 3. The third-order valence-corrected chi connectivity index (χ3v) is 9.51. The molecule has 0 aromatic heterocycles. The molecule has 5 nitrogen and oxygen atoms in total. The van der Waals surface area contributed by atoms with Crippen molar-refractivity contribution in [2.24, 2.45) is 0 Å². The van der Waals surface area contributed by atoms with Crippen molar-refractivity contribution < 1.29 is 18.5 Å². The molecule has 0 N–H and O–H groups in total. The molecule has 0 fully saturated rings. The van der Waals surface area contributed by atoms with E-state index in [1.165, 1.54) is 5.56 Å². The highest BCUT2D eigenvalue weighted by Crippen LogP contribution is 2.59. The predicted molar refractivity (Wildman–Crippen MR) is 169 cm³/mol. The smallest absolute Gasteiger partial charge is 0.421 e. The van der Waals surface area contributed by atoms with Gasteiger partial charge in [-0.05, 0) is 40.2 Å². The van der Waals surface area contributed by atoms with Crippen LogP contribution in [0, 0.1) is 0 Å². The summed E-state index contributed by atoms with van der Waals surface area (Å²) in [6, 6.07) is 16.7. The van der Waals surface area contributed by atoms with Gasteiger partial charge < -0.3 is 18.5 Å². The lowest BCUT2D eigenvalue weighted by atomic mass is 9.72. The van der Waals surface area contributed by atoms with E-state index in [1.807, 2.05) is 22.9 Å². The third-order valence-electron chi connectivity index (χ3n) is 8.01. The van der Waals surface area contributed by atoms with Crippen LogP contribution in [-0.2, 0) is 22.7 Å². The topological polar surface area (TPSA) is 40.2 Å². The van der Waals surface area contributed by atoms with Crippen molar-refractivity contribution in [3.8, 4) is 28.7 Å². The Bertz CT molecular complexity index is 1530. The van der Waals surface area contributed by atoms with E-state index in [0.717, 1.165) is 39.4 Å². The van der Waals surface area contributed by atoms with Crippen molar-refractivity contribution in [1.29, 1.82) is 0 Å². The normalized spacial score (nSPS) is 17.7. The lowest BCUT2D eigenvalue weighted by Gasteiger charge is -2.38. The Morgan fingerprint density at radius 3 is 2.02 bits per heavy atom. The van der Waals surface area contributed by atoms with E-state index in [4.69, 9.17) is 18.5 Å². The van der Waals surface area contributed by atoms with Gasteiger partial charge in [0.15, 0.2) is 23.0 Å². The maximum absolute atomic E-state index is 6.83. The fourth-order valence-electron chi connectivity index (χ4n) is 5.30. The molecule has 0 radical (unpaired) electrons. The first-order valence-electron chi connectivity index (χ1n) is 14.1. The molecule has 2 heterocycles. The number of rotatable bonds is 4. The standard InChI is InChI=1S/C35H42NO4P/c1-12-36-22(2)17-23-15-13-14-16-28(23)39-41(36)40-30-21-25(34(6,7)8)19-27-32(30)38-31-26(35(27,9)10)18-24(33(3,4)5)20-29(31)37-11/h12-16,18-21H,1-2,17H2,3-11H3. The van der Waals surface area contributed by atoms with Gasteiger partial charge in [-0.15, -0.1) is 0 Å². The summed E-state index contributed by atoms with van der Waals surface area (Å²) in [6.07, 6.45) is 2.38. The molecule has 0 saturated heterocycles. The molecule has 0 aliphatic carbocycles. The Labute approximate surface area is 246 Å². The zero-order valence-electron chi connectivity index (χ0n) is 25.8. The average Bonchev–Trinajstić information content (AvgIpc) is 3.02. The molecule has 2 aliphatic rings.